The molecule has 1 heterocycles. The van der Waals surface area contributed by atoms with Crippen LogP contribution in [0.15, 0.2) is 0 Å². The summed E-state index contributed by atoms with van der Waals surface area (Å²) < 4.78 is 23.2. The molecule has 18 heavy (non-hydrogen) atoms. The largest absolute Gasteiger partial charge is 0.387 e. The highest BCUT2D eigenvalue weighted by molar-refractivity contribution is 7.91. The predicted octanol–water partition coefficient (Wildman–Crippen LogP) is 1.65. The number of hydrogen-bond acceptors (Lipinski definition) is 4. The van der Waals surface area contributed by atoms with Gasteiger partial charge < -0.3 is 5.11 Å². The van der Waals surface area contributed by atoms with Crippen LogP contribution in [0.3, 0.4) is 0 Å². The molecule has 4 nitrogen and oxygen atoms in total. The number of hydrogen-bond donors (Lipinski definition) is 1. The van der Waals surface area contributed by atoms with Crippen molar-refractivity contribution in [2.75, 3.05) is 11.5 Å². The molecule has 0 aromatic heterocycles. The lowest BCUT2D eigenvalue weighted by atomic mass is 9.59. The summed E-state index contributed by atoms with van der Waals surface area (Å²) in [5, 5.41) is 20.2. The second-order valence-corrected chi connectivity index (χ2v) is 8.92. The van der Waals surface area contributed by atoms with E-state index in [1.807, 2.05) is 0 Å². The molecule has 0 amide bonds. The van der Waals surface area contributed by atoms with Gasteiger partial charge in [-0.05, 0) is 37.5 Å². The van der Waals surface area contributed by atoms with Crippen molar-refractivity contribution in [3.05, 3.63) is 0 Å². The van der Waals surface area contributed by atoms with Gasteiger partial charge in [0, 0.05) is 0 Å². The first-order chi connectivity index (χ1) is 8.14. The maximum atomic E-state index is 11.6. The summed E-state index contributed by atoms with van der Waals surface area (Å²) in [4.78, 5) is 0. The fraction of sp³-hybridized carbons (Fsp3) is 0.923. The summed E-state index contributed by atoms with van der Waals surface area (Å²) in [6.07, 6.45) is 3.14. The van der Waals surface area contributed by atoms with Crippen molar-refractivity contribution in [2.45, 2.75) is 51.6 Å². The van der Waals surface area contributed by atoms with E-state index < -0.39 is 20.9 Å². The summed E-state index contributed by atoms with van der Waals surface area (Å²) in [5.41, 5.74) is -2.02. The third-order valence-corrected chi connectivity index (χ3v) is 6.59. The maximum Gasteiger partial charge on any atom is 0.153 e. The molecule has 1 aliphatic heterocycles. The Labute approximate surface area is 109 Å². The summed E-state index contributed by atoms with van der Waals surface area (Å²) in [7, 11) is -3.18. The summed E-state index contributed by atoms with van der Waals surface area (Å²) in [5.74, 6) is -0.232. The molecule has 1 N–H and O–H groups in total. The Bertz CT molecular complexity index is 479. The number of nitrogens with zero attached hydrogens (tertiary/aromatic N) is 1. The van der Waals surface area contributed by atoms with Gasteiger partial charge in [0.05, 0.1) is 28.6 Å². The third-order valence-electron chi connectivity index (χ3n) is 4.85. The van der Waals surface area contributed by atoms with E-state index in [9.17, 15) is 18.8 Å². The van der Waals surface area contributed by atoms with Crippen LogP contribution in [0.5, 0.6) is 0 Å². The Morgan fingerprint density at radius 3 is 2.06 bits per heavy atom. The van der Waals surface area contributed by atoms with Crippen LogP contribution >= 0.6 is 0 Å². The molecule has 0 radical (unpaired) electrons. The van der Waals surface area contributed by atoms with Gasteiger partial charge >= 0.3 is 0 Å². The molecule has 0 spiro atoms. The van der Waals surface area contributed by atoms with Crippen molar-refractivity contribution in [3.63, 3.8) is 0 Å². The van der Waals surface area contributed by atoms with Crippen LogP contribution in [-0.4, -0.2) is 30.6 Å². The highest BCUT2D eigenvalue weighted by Gasteiger charge is 2.57. The third kappa shape index (κ3) is 2.17. The zero-order chi connectivity index (χ0) is 13.7. The molecule has 2 fully saturated rings. The Hall–Kier alpha value is -0.600. The maximum absolute atomic E-state index is 11.6. The lowest BCUT2D eigenvalue weighted by Gasteiger charge is -2.46. The molecule has 1 atom stereocenters. The molecule has 1 saturated heterocycles. The average Bonchev–Trinajstić information content (AvgIpc) is 2.55. The first-order valence-electron chi connectivity index (χ1n) is 6.48. The van der Waals surface area contributed by atoms with Crippen LogP contribution in [0.4, 0.5) is 0 Å². The minimum Gasteiger partial charge on any atom is -0.387 e. The molecule has 5 heteroatoms. The van der Waals surface area contributed by atoms with Crippen molar-refractivity contribution >= 4 is 9.84 Å². The van der Waals surface area contributed by atoms with Crippen LogP contribution in [0.2, 0.25) is 0 Å². The zero-order valence-corrected chi connectivity index (χ0v) is 11.9. The first-order valence-corrected chi connectivity index (χ1v) is 8.30. The van der Waals surface area contributed by atoms with Crippen molar-refractivity contribution in [1.82, 2.24) is 0 Å². The molecular formula is C13H21NO3S. The van der Waals surface area contributed by atoms with Crippen molar-refractivity contribution in [2.24, 2.45) is 10.8 Å². The second kappa shape index (κ2) is 3.94. The monoisotopic (exact) mass is 271 g/mol. The van der Waals surface area contributed by atoms with Gasteiger partial charge in [-0.3, -0.25) is 0 Å². The smallest absolute Gasteiger partial charge is 0.153 e. The Morgan fingerprint density at radius 1 is 1.11 bits per heavy atom. The van der Waals surface area contributed by atoms with Crippen molar-refractivity contribution in [3.8, 4) is 6.07 Å². The molecule has 1 saturated carbocycles. The fourth-order valence-corrected chi connectivity index (χ4v) is 5.19. The molecule has 2 rings (SSSR count). The molecule has 0 aromatic carbocycles. The molecular weight excluding hydrogens is 250 g/mol. The van der Waals surface area contributed by atoms with Gasteiger partial charge in [-0.1, -0.05) is 13.8 Å². The molecule has 1 aliphatic carbocycles. The highest BCUT2D eigenvalue weighted by Crippen LogP contribution is 2.53. The standard InChI is InChI=1S/C13H21NO3S/c1-11(2)3-5-12(9-14,6-4-11)13(15)7-8-18(16,17)10-13/h15H,3-8,10H2,1-2H3. The molecule has 2 aliphatic rings. The molecule has 1 unspecified atom stereocenters. The van der Waals surface area contributed by atoms with E-state index in [1.54, 1.807) is 0 Å². The summed E-state index contributed by atoms with van der Waals surface area (Å²) >= 11 is 0. The van der Waals surface area contributed by atoms with Crippen LogP contribution in [0.25, 0.3) is 0 Å². The number of aliphatic hydroxyl groups is 1. The quantitative estimate of drug-likeness (QED) is 0.786. The Kier molecular flexibility index (Phi) is 3.03. The van der Waals surface area contributed by atoms with Crippen LogP contribution in [0.1, 0.15) is 46.0 Å². The normalized spacial score (nSPS) is 37.0. The van der Waals surface area contributed by atoms with Crippen molar-refractivity contribution in [1.29, 1.82) is 5.26 Å². The lowest BCUT2D eigenvalue weighted by molar-refractivity contribution is -0.0655. The van der Waals surface area contributed by atoms with E-state index in [2.05, 4.69) is 19.9 Å². The predicted molar refractivity (Wildman–Crippen MR) is 68.5 cm³/mol. The number of nitriles is 1. The second-order valence-electron chi connectivity index (χ2n) is 6.73. The topological polar surface area (TPSA) is 78.2 Å². The Balaban J connectivity index is 2.28. The van der Waals surface area contributed by atoms with Gasteiger partial charge in [0.15, 0.2) is 9.84 Å². The van der Waals surface area contributed by atoms with E-state index >= 15 is 0 Å². The van der Waals surface area contributed by atoms with Gasteiger partial charge in [0.2, 0.25) is 0 Å². The fourth-order valence-electron chi connectivity index (χ4n) is 3.24. The molecule has 102 valence electrons. The SMILES string of the molecule is CC1(C)CCC(C#N)(C2(O)CCS(=O)(=O)C2)CC1. The summed E-state index contributed by atoms with van der Waals surface area (Å²) in [6.45, 7) is 4.31. The van der Waals surface area contributed by atoms with Gasteiger partial charge in [0.25, 0.3) is 0 Å². The van der Waals surface area contributed by atoms with Gasteiger partial charge in [0.1, 0.15) is 0 Å². The van der Waals surface area contributed by atoms with E-state index in [0.29, 0.717) is 12.8 Å². The van der Waals surface area contributed by atoms with Crippen LogP contribution < -0.4 is 0 Å². The van der Waals surface area contributed by atoms with Gasteiger partial charge in [-0.2, -0.15) is 5.26 Å². The van der Waals surface area contributed by atoms with Crippen molar-refractivity contribution < 1.29 is 13.5 Å². The first kappa shape index (κ1) is 13.8. The summed E-state index contributed by atoms with van der Waals surface area (Å²) in [6, 6.07) is 2.26. The average molecular weight is 271 g/mol. The minimum absolute atomic E-state index is 0.0102. The van der Waals surface area contributed by atoms with Crippen LogP contribution in [-0.2, 0) is 9.84 Å². The molecule has 0 bridgehead atoms. The van der Waals surface area contributed by atoms with E-state index in [4.69, 9.17) is 0 Å². The van der Waals surface area contributed by atoms with E-state index in [0.717, 1.165) is 12.8 Å². The Morgan fingerprint density at radius 2 is 1.67 bits per heavy atom. The number of sulfone groups is 1. The van der Waals surface area contributed by atoms with Gasteiger partial charge in [-0.25, -0.2) is 8.42 Å². The van der Waals surface area contributed by atoms with Crippen LogP contribution in [0, 0.1) is 22.2 Å². The van der Waals surface area contributed by atoms with E-state index in [1.165, 1.54) is 0 Å². The lowest BCUT2D eigenvalue weighted by Crippen LogP contribution is -2.51. The van der Waals surface area contributed by atoms with Gasteiger partial charge in [-0.15, -0.1) is 0 Å². The molecule has 0 aromatic rings. The minimum atomic E-state index is -3.18. The highest BCUT2D eigenvalue weighted by atomic mass is 32.2. The zero-order valence-electron chi connectivity index (χ0n) is 11.1. The van der Waals surface area contributed by atoms with E-state index in [-0.39, 0.29) is 23.3 Å². The number of rotatable bonds is 1.